The van der Waals surface area contributed by atoms with E-state index in [1.807, 2.05) is 47.8 Å². The summed E-state index contributed by atoms with van der Waals surface area (Å²) in [6.07, 6.45) is 3.19. The average Bonchev–Trinajstić information content (AvgIpc) is 3.62. The van der Waals surface area contributed by atoms with Crippen LogP contribution in [0.2, 0.25) is 0 Å². The van der Waals surface area contributed by atoms with Gasteiger partial charge in [-0.2, -0.15) is 0 Å². The third-order valence-corrected chi connectivity index (χ3v) is 7.69. The molecule has 1 saturated heterocycles. The lowest BCUT2D eigenvalue weighted by Crippen LogP contribution is -2.29. The lowest BCUT2D eigenvalue weighted by Gasteiger charge is -2.24. The van der Waals surface area contributed by atoms with E-state index in [1.54, 1.807) is 48.5 Å². The Balaban J connectivity index is 1.41. The number of carbonyl (C=O) groups excluding carboxylic acids is 2. The number of carbonyl (C=O) groups is 2. The summed E-state index contributed by atoms with van der Waals surface area (Å²) < 4.78 is 11.7. The number of aliphatic hydroxyl groups is 1. The molecular formula is C33H31NO5S. The molecule has 1 aromatic heterocycles. The van der Waals surface area contributed by atoms with Gasteiger partial charge in [0.25, 0.3) is 11.7 Å². The van der Waals surface area contributed by atoms with Gasteiger partial charge in [-0.1, -0.05) is 56.2 Å². The van der Waals surface area contributed by atoms with Crippen LogP contribution in [0.5, 0.6) is 11.5 Å². The molecule has 7 heteroatoms. The first kappa shape index (κ1) is 27.2. The van der Waals surface area contributed by atoms with Gasteiger partial charge in [-0.15, -0.1) is 11.3 Å². The van der Waals surface area contributed by atoms with Crippen LogP contribution in [-0.2, 0) is 16.2 Å². The summed E-state index contributed by atoms with van der Waals surface area (Å²) in [6.45, 7) is 3.18. The molecule has 0 bridgehead atoms. The quantitative estimate of drug-likeness (QED) is 0.0900. The Morgan fingerprint density at radius 1 is 0.850 bits per heavy atom. The normalized spacial score (nSPS) is 16.3. The number of benzene rings is 3. The van der Waals surface area contributed by atoms with Crippen LogP contribution in [0.4, 0.5) is 5.69 Å². The molecular weight excluding hydrogens is 522 g/mol. The Morgan fingerprint density at radius 3 is 2.23 bits per heavy atom. The highest BCUT2D eigenvalue weighted by molar-refractivity contribution is 7.10. The molecule has 1 aliphatic heterocycles. The molecule has 1 fully saturated rings. The fourth-order valence-electron chi connectivity index (χ4n) is 4.67. The molecule has 1 atom stereocenters. The number of nitrogens with zero attached hydrogens (tertiary/aromatic N) is 1. The molecule has 4 aromatic rings. The summed E-state index contributed by atoms with van der Waals surface area (Å²) in [6, 6.07) is 26.9. The number of thiophene rings is 1. The maximum absolute atomic E-state index is 13.4. The number of ketones is 1. The topological polar surface area (TPSA) is 76.1 Å². The predicted molar refractivity (Wildman–Crippen MR) is 158 cm³/mol. The zero-order valence-corrected chi connectivity index (χ0v) is 23.1. The molecule has 6 nitrogen and oxygen atoms in total. The van der Waals surface area contributed by atoms with Gasteiger partial charge >= 0.3 is 0 Å². The van der Waals surface area contributed by atoms with Crippen LogP contribution in [0.1, 0.15) is 48.2 Å². The van der Waals surface area contributed by atoms with E-state index in [0.29, 0.717) is 36.0 Å². The number of unbranched alkanes of at least 4 members (excludes halogenated alkanes) is 2. The van der Waals surface area contributed by atoms with E-state index < -0.39 is 17.7 Å². The minimum Gasteiger partial charge on any atom is -0.507 e. The van der Waals surface area contributed by atoms with Crippen molar-refractivity contribution in [3.63, 3.8) is 0 Å². The van der Waals surface area contributed by atoms with Crippen LogP contribution in [-0.4, -0.2) is 23.4 Å². The highest BCUT2D eigenvalue weighted by Crippen LogP contribution is 2.44. The van der Waals surface area contributed by atoms with Gasteiger partial charge in [0.1, 0.15) is 29.9 Å². The second-order valence-electron chi connectivity index (χ2n) is 9.53. The predicted octanol–water partition coefficient (Wildman–Crippen LogP) is 7.52. The van der Waals surface area contributed by atoms with Crippen molar-refractivity contribution >= 4 is 34.5 Å². The van der Waals surface area contributed by atoms with Crippen LogP contribution in [0, 0.1) is 0 Å². The first-order valence-electron chi connectivity index (χ1n) is 13.4. The van der Waals surface area contributed by atoms with Crippen molar-refractivity contribution in [2.24, 2.45) is 0 Å². The van der Waals surface area contributed by atoms with E-state index in [1.165, 1.54) is 16.2 Å². The molecule has 40 heavy (non-hydrogen) atoms. The minimum absolute atomic E-state index is 0.0634. The van der Waals surface area contributed by atoms with Crippen LogP contribution < -0.4 is 14.4 Å². The fourth-order valence-corrected chi connectivity index (χ4v) is 5.49. The summed E-state index contributed by atoms with van der Waals surface area (Å²) in [4.78, 5) is 28.9. The SMILES string of the molecule is CCCCCOc1ccc(/C(O)=C2/C(=O)C(=O)N(c3ccc(OCc4ccccc4)cc3)C2c2cccs2)cc1. The molecule has 5 rings (SSSR count). The van der Waals surface area contributed by atoms with Gasteiger partial charge in [-0.25, -0.2) is 0 Å². The monoisotopic (exact) mass is 553 g/mol. The Bertz CT molecular complexity index is 1460. The molecule has 3 aromatic carbocycles. The second kappa shape index (κ2) is 12.7. The number of anilines is 1. The summed E-state index contributed by atoms with van der Waals surface area (Å²) in [7, 11) is 0. The molecule has 1 aliphatic rings. The summed E-state index contributed by atoms with van der Waals surface area (Å²) >= 11 is 1.43. The second-order valence-corrected chi connectivity index (χ2v) is 10.5. The van der Waals surface area contributed by atoms with Gasteiger partial charge < -0.3 is 14.6 Å². The standard InChI is InChI=1S/C33H31NO5S/c1-2-3-7-20-38-26-16-12-24(13-17-26)31(35)29-30(28-11-8-21-40-28)34(33(37)32(29)36)25-14-18-27(19-15-25)39-22-23-9-5-4-6-10-23/h4-6,8-19,21,30,35H,2-3,7,20,22H2,1H3/b31-29-. The Kier molecular flexibility index (Phi) is 8.62. The summed E-state index contributed by atoms with van der Waals surface area (Å²) in [5.74, 6) is -0.278. The summed E-state index contributed by atoms with van der Waals surface area (Å²) in [5, 5.41) is 13.2. The van der Waals surface area contributed by atoms with E-state index in [0.717, 1.165) is 29.7 Å². The van der Waals surface area contributed by atoms with Crippen molar-refractivity contribution in [3.8, 4) is 11.5 Å². The number of hydrogen-bond acceptors (Lipinski definition) is 6. The van der Waals surface area contributed by atoms with E-state index in [2.05, 4.69) is 6.92 Å². The van der Waals surface area contributed by atoms with Gasteiger partial charge in [0, 0.05) is 16.1 Å². The van der Waals surface area contributed by atoms with Crippen molar-refractivity contribution in [1.29, 1.82) is 0 Å². The average molecular weight is 554 g/mol. The molecule has 204 valence electrons. The van der Waals surface area contributed by atoms with Gasteiger partial charge in [0.15, 0.2) is 0 Å². The Morgan fingerprint density at radius 2 is 1.55 bits per heavy atom. The largest absolute Gasteiger partial charge is 0.507 e. The minimum atomic E-state index is -0.749. The number of Topliss-reactive ketones (excluding diaryl/α,β-unsaturated/α-hetero) is 1. The maximum atomic E-state index is 13.4. The van der Waals surface area contributed by atoms with Crippen LogP contribution in [0.15, 0.2) is 102 Å². The smallest absolute Gasteiger partial charge is 0.300 e. The zero-order valence-electron chi connectivity index (χ0n) is 22.3. The van der Waals surface area contributed by atoms with Gasteiger partial charge in [0.2, 0.25) is 0 Å². The highest BCUT2D eigenvalue weighted by Gasteiger charge is 2.47. The lowest BCUT2D eigenvalue weighted by atomic mass is 9.99. The molecule has 0 saturated carbocycles. The van der Waals surface area contributed by atoms with Crippen LogP contribution >= 0.6 is 11.3 Å². The third kappa shape index (κ3) is 5.95. The molecule has 1 unspecified atom stereocenters. The molecule has 0 radical (unpaired) electrons. The summed E-state index contributed by atoms with van der Waals surface area (Å²) in [5.41, 5.74) is 2.10. The third-order valence-electron chi connectivity index (χ3n) is 6.76. The van der Waals surface area contributed by atoms with Crippen molar-refractivity contribution < 1.29 is 24.2 Å². The molecule has 2 heterocycles. The number of ether oxygens (including phenoxy) is 2. The van der Waals surface area contributed by atoms with Gasteiger partial charge in [0.05, 0.1) is 12.2 Å². The van der Waals surface area contributed by atoms with Crippen LogP contribution in [0.25, 0.3) is 5.76 Å². The molecule has 0 spiro atoms. The number of aliphatic hydroxyl groups excluding tert-OH is 1. The number of rotatable bonds is 11. The Labute approximate surface area is 238 Å². The van der Waals surface area contributed by atoms with E-state index in [4.69, 9.17) is 9.47 Å². The zero-order chi connectivity index (χ0) is 27.9. The molecule has 1 N–H and O–H groups in total. The van der Waals surface area contributed by atoms with Crippen LogP contribution in [0.3, 0.4) is 0 Å². The first-order valence-corrected chi connectivity index (χ1v) is 14.3. The molecule has 1 amide bonds. The van der Waals surface area contributed by atoms with Crippen molar-refractivity contribution in [1.82, 2.24) is 0 Å². The number of hydrogen-bond donors (Lipinski definition) is 1. The first-order chi connectivity index (χ1) is 19.6. The maximum Gasteiger partial charge on any atom is 0.300 e. The Hall–Kier alpha value is -4.36. The molecule has 0 aliphatic carbocycles. The van der Waals surface area contributed by atoms with Gasteiger partial charge in [-0.3, -0.25) is 14.5 Å². The van der Waals surface area contributed by atoms with Crippen molar-refractivity contribution in [2.45, 2.75) is 38.8 Å². The lowest BCUT2D eigenvalue weighted by molar-refractivity contribution is -0.132. The van der Waals surface area contributed by atoms with Crippen molar-refractivity contribution in [3.05, 3.63) is 118 Å². The van der Waals surface area contributed by atoms with E-state index in [9.17, 15) is 14.7 Å². The van der Waals surface area contributed by atoms with E-state index in [-0.39, 0.29) is 11.3 Å². The fraction of sp³-hybridized carbons (Fsp3) is 0.212. The highest BCUT2D eigenvalue weighted by atomic mass is 32.1. The number of amides is 1. The van der Waals surface area contributed by atoms with Gasteiger partial charge in [-0.05, 0) is 72.0 Å². The van der Waals surface area contributed by atoms with E-state index >= 15 is 0 Å². The van der Waals surface area contributed by atoms with Crippen molar-refractivity contribution in [2.75, 3.05) is 11.5 Å².